The van der Waals surface area contributed by atoms with Crippen molar-refractivity contribution < 1.29 is 9.32 Å². The summed E-state index contributed by atoms with van der Waals surface area (Å²) in [5.41, 5.74) is 0. The Balaban J connectivity index is 1.93. The fraction of sp³-hybridized carbons (Fsp3) is 0.600. The van der Waals surface area contributed by atoms with E-state index in [-0.39, 0.29) is 5.91 Å². The van der Waals surface area contributed by atoms with E-state index >= 15 is 0 Å². The maximum atomic E-state index is 11.8. The first-order chi connectivity index (χ1) is 7.31. The lowest BCUT2D eigenvalue weighted by molar-refractivity contribution is 0.0745. The van der Waals surface area contributed by atoms with E-state index in [1.807, 2.05) is 11.9 Å². The Bertz CT molecular complexity index is 323. The molecular formula is C10H15N3O2. The third-order valence-electron chi connectivity index (χ3n) is 2.71. The molecule has 1 fully saturated rings. The molecular weight excluding hydrogens is 194 g/mol. The quantitative estimate of drug-likeness (QED) is 0.780. The van der Waals surface area contributed by atoms with Crippen molar-refractivity contribution in [3.8, 4) is 0 Å². The van der Waals surface area contributed by atoms with Crippen LogP contribution in [0.4, 0.5) is 0 Å². The SMILES string of the molecule is CNCC1CCN(C(=O)c2ccno2)C1. The van der Waals surface area contributed by atoms with Crippen LogP contribution in [0.1, 0.15) is 17.0 Å². The molecule has 1 amide bonds. The van der Waals surface area contributed by atoms with Gasteiger partial charge in [-0.3, -0.25) is 4.79 Å². The predicted octanol–water partition coefficient (Wildman–Crippen LogP) is 0.356. The molecule has 1 atom stereocenters. The molecule has 1 N–H and O–H groups in total. The fourth-order valence-electron chi connectivity index (χ4n) is 1.95. The second kappa shape index (κ2) is 4.44. The molecule has 0 radical (unpaired) electrons. The van der Waals surface area contributed by atoms with Crippen LogP contribution in [0.3, 0.4) is 0 Å². The molecule has 1 aromatic heterocycles. The van der Waals surface area contributed by atoms with Crippen LogP contribution in [-0.4, -0.2) is 42.6 Å². The van der Waals surface area contributed by atoms with Crippen LogP contribution >= 0.6 is 0 Å². The molecule has 1 aliphatic heterocycles. The van der Waals surface area contributed by atoms with Crippen molar-refractivity contribution in [2.45, 2.75) is 6.42 Å². The Hall–Kier alpha value is -1.36. The summed E-state index contributed by atoms with van der Waals surface area (Å²) in [4.78, 5) is 13.7. The number of aromatic nitrogens is 1. The number of hydrogen-bond donors (Lipinski definition) is 1. The lowest BCUT2D eigenvalue weighted by atomic mass is 10.1. The zero-order chi connectivity index (χ0) is 10.7. The van der Waals surface area contributed by atoms with E-state index in [0.717, 1.165) is 26.1 Å². The first-order valence-corrected chi connectivity index (χ1v) is 5.16. The Morgan fingerprint density at radius 2 is 2.67 bits per heavy atom. The fourth-order valence-corrected chi connectivity index (χ4v) is 1.95. The topological polar surface area (TPSA) is 58.4 Å². The average Bonchev–Trinajstić information content (AvgIpc) is 2.87. The summed E-state index contributed by atoms with van der Waals surface area (Å²) < 4.78 is 4.85. The molecule has 1 aliphatic rings. The van der Waals surface area contributed by atoms with Gasteiger partial charge >= 0.3 is 0 Å². The zero-order valence-electron chi connectivity index (χ0n) is 8.77. The maximum absolute atomic E-state index is 11.8. The molecule has 5 heteroatoms. The van der Waals surface area contributed by atoms with Crippen LogP contribution in [0.15, 0.2) is 16.8 Å². The van der Waals surface area contributed by atoms with E-state index in [1.54, 1.807) is 6.07 Å². The largest absolute Gasteiger partial charge is 0.351 e. The Morgan fingerprint density at radius 3 is 3.33 bits per heavy atom. The highest BCUT2D eigenvalue weighted by molar-refractivity contribution is 5.91. The summed E-state index contributed by atoms with van der Waals surface area (Å²) in [7, 11) is 1.93. The second-order valence-corrected chi connectivity index (χ2v) is 3.84. The third kappa shape index (κ3) is 2.18. The van der Waals surface area contributed by atoms with E-state index in [4.69, 9.17) is 4.52 Å². The minimum atomic E-state index is -0.0499. The van der Waals surface area contributed by atoms with Crippen LogP contribution in [-0.2, 0) is 0 Å². The van der Waals surface area contributed by atoms with Gasteiger partial charge in [-0.25, -0.2) is 0 Å². The summed E-state index contributed by atoms with van der Waals surface area (Å²) in [6.45, 7) is 2.58. The number of amides is 1. The Morgan fingerprint density at radius 1 is 1.80 bits per heavy atom. The van der Waals surface area contributed by atoms with Crippen molar-refractivity contribution in [1.29, 1.82) is 0 Å². The molecule has 0 spiro atoms. The number of nitrogens with one attached hydrogen (secondary N) is 1. The minimum Gasteiger partial charge on any atom is -0.351 e. The molecule has 5 nitrogen and oxygen atoms in total. The maximum Gasteiger partial charge on any atom is 0.292 e. The molecule has 0 saturated carbocycles. The Labute approximate surface area is 88.4 Å². The molecule has 15 heavy (non-hydrogen) atoms. The monoisotopic (exact) mass is 209 g/mol. The molecule has 2 rings (SSSR count). The van der Waals surface area contributed by atoms with Gasteiger partial charge in [0.1, 0.15) is 0 Å². The van der Waals surface area contributed by atoms with E-state index in [0.29, 0.717) is 11.7 Å². The van der Waals surface area contributed by atoms with E-state index in [2.05, 4.69) is 10.5 Å². The molecule has 2 heterocycles. The average molecular weight is 209 g/mol. The molecule has 1 unspecified atom stereocenters. The number of hydrogen-bond acceptors (Lipinski definition) is 4. The van der Waals surface area contributed by atoms with Crippen molar-refractivity contribution >= 4 is 5.91 Å². The van der Waals surface area contributed by atoms with Crippen LogP contribution < -0.4 is 5.32 Å². The number of likely N-dealkylation sites (tertiary alicyclic amines) is 1. The van der Waals surface area contributed by atoms with Gasteiger partial charge in [0.05, 0.1) is 6.20 Å². The van der Waals surface area contributed by atoms with Gasteiger partial charge in [-0.2, -0.15) is 0 Å². The third-order valence-corrected chi connectivity index (χ3v) is 2.71. The van der Waals surface area contributed by atoms with E-state index < -0.39 is 0 Å². The second-order valence-electron chi connectivity index (χ2n) is 3.84. The van der Waals surface area contributed by atoms with Crippen molar-refractivity contribution in [3.05, 3.63) is 18.0 Å². The summed E-state index contributed by atoms with van der Waals surface area (Å²) in [6.07, 6.45) is 2.55. The van der Waals surface area contributed by atoms with Crippen molar-refractivity contribution in [2.75, 3.05) is 26.7 Å². The van der Waals surface area contributed by atoms with Gasteiger partial charge in [-0.15, -0.1) is 0 Å². The van der Waals surface area contributed by atoms with Crippen LogP contribution in [0.2, 0.25) is 0 Å². The number of nitrogens with zero attached hydrogens (tertiary/aromatic N) is 2. The highest BCUT2D eigenvalue weighted by Gasteiger charge is 2.27. The summed E-state index contributed by atoms with van der Waals surface area (Å²) in [6, 6.07) is 1.60. The van der Waals surface area contributed by atoms with Gasteiger partial charge < -0.3 is 14.7 Å². The molecule has 82 valence electrons. The Kier molecular flexibility index (Phi) is 3.01. The molecule has 0 aromatic carbocycles. The molecule has 0 aliphatic carbocycles. The molecule has 0 bridgehead atoms. The van der Waals surface area contributed by atoms with Crippen LogP contribution in [0, 0.1) is 5.92 Å². The van der Waals surface area contributed by atoms with Crippen LogP contribution in [0.5, 0.6) is 0 Å². The smallest absolute Gasteiger partial charge is 0.292 e. The number of carbonyl (C=O) groups excluding carboxylic acids is 1. The standard InChI is InChI=1S/C10H15N3O2/c1-11-6-8-3-5-13(7-8)10(14)9-2-4-12-15-9/h2,4,8,11H,3,5-7H2,1H3. The van der Waals surface area contributed by atoms with Gasteiger partial charge in [-0.1, -0.05) is 5.16 Å². The zero-order valence-corrected chi connectivity index (χ0v) is 8.77. The first kappa shape index (κ1) is 10.2. The van der Waals surface area contributed by atoms with Gasteiger partial charge in [-0.05, 0) is 25.9 Å². The summed E-state index contributed by atoms with van der Waals surface area (Å²) in [5, 5.41) is 6.67. The summed E-state index contributed by atoms with van der Waals surface area (Å²) >= 11 is 0. The van der Waals surface area contributed by atoms with Crippen molar-refractivity contribution in [2.24, 2.45) is 5.92 Å². The van der Waals surface area contributed by atoms with Gasteiger partial charge in [0, 0.05) is 19.2 Å². The normalized spacial score (nSPS) is 20.9. The first-order valence-electron chi connectivity index (χ1n) is 5.16. The molecule has 1 aromatic rings. The van der Waals surface area contributed by atoms with E-state index in [1.165, 1.54) is 6.20 Å². The lowest BCUT2D eigenvalue weighted by Crippen LogP contribution is -2.30. The highest BCUT2D eigenvalue weighted by Crippen LogP contribution is 2.17. The van der Waals surface area contributed by atoms with Crippen molar-refractivity contribution in [1.82, 2.24) is 15.4 Å². The number of carbonyl (C=O) groups is 1. The van der Waals surface area contributed by atoms with Gasteiger partial charge in [0.25, 0.3) is 5.91 Å². The van der Waals surface area contributed by atoms with Crippen LogP contribution in [0.25, 0.3) is 0 Å². The van der Waals surface area contributed by atoms with Crippen molar-refractivity contribution in [3.63, 3.8) is 0 Å². The highest BCUT2D eigenvalue weighted by atomic mass is 16.5. The molecule has 1 saturated heterocycles. The van der Waals surface area contributed by atoms with E-state index in [9.17, 15) is 4.79 Å². The van der Waals surface area contributed by atoms with Gasteiger partial charge in [0.2, 0.25) is 5.76 Å². The summed E-state index contributed by atoms with van der Waals surface area (Å²) in [5.74, 6) is 0.841. The predicted molar refractivity (Wildman–Crippen MR) is 54.4 cm³/mol. The number of rotatable bonds is 3. The van der Waals surface area contributed by atoms with Gasteiger partial charge in [0.15, 0.2) is 0 Å². The lowest BCUT2D eigenvalue weighted by Gasteiger charge is -2.14. The minimum absolute atomic E-state index is 0.0499.